The molecule has 27 heavy (non-hydrogen) atoms. The summed E-state index contributed by atoms with van der Waals surface area (Å²) in [6.45, 7) is 4.89. The van der Waals surface area contributed by atoms with Crippen molar-refractivity contribution in [2.45, 2.75) is 32.4 Å². The Morgan fingerprint density at radius 2 is 2.04 bits per heavy atom. The van der Waals surface area contributed by atoms with Gasteiger partial charge in [0.25, 0.3) is 0 Å². The van der Waals surface area contributed by atoms with E-state index in [1.807, 2.05) is 36.9 Å². The SMILES string of the molecule is Cc1ccc(-c2cccc(CN3CCC(C(O)c4nccn4C)CC3)c2)o1. The molecule has 1 aliphatic heterocycles. The Morgan fingerprint density at radius 1 is 1.22 bits per heavy atom. The van der Waals surface area contributed by atoms with E-state index in [2.05, 4.69) is 34.1 Å². The average Bonchev–Trinajstić information content (AvgIpc) is 3.30. The number of rotatable bonds is 5. The van der Waals surface area contributed by atoms with Crippen molar-refractivity contribution >= 4 is 0 Å². The predicted octanol–water partition coefficient (Wildman–Crippen LogP) is 3.93. The molecule has 1 unspecified atom stereocenters. The lowest BCUT2D eigenvalue weighted by Crippen LogP contribution is -2.35. The van der Waals surface area contributed by atoms with E-state index in [0.717, 1.165) is 55.4 Å². The third kappa shape index (κ3) is 3.99. The van der Waals surface area contributed by atoms with Gasteiger partial charge in [0.2, 0.25) is 0 Å². The Hall–Kier alpha value is -2.37. The van der Waals surface area contributed by atoms with Crippen molar-refractivity contribution in [2.24, 2.45) is 13.0 Å². The van der Waals surface area contributed by atoms with E-state index in [4.69, 9.17) is 4.42 Å². The molecule has 1 fully saturated rings. The molecule has 1 saturated heterocycles. The Bertz CT molecular complexity index is 890. The molecule has 0 aliphatic carbocycles. The van der Waals surface area contributed by atoms with Gasteiger partial charge in [0.15, 0.2) is 0 Å². The number of likely N-dealkylation sites (tertiary alicyclic amines) is 1. The Morgan fingerprint density at radius 3 is 2.70 bits per heavy atom. The Labute approximate surface area is 160 Å². The monoisotopic (exact) mass is 365 g/mol. The minimum atomic E-state index is -0.474. The molecule has 0 spiro atoms. The van der Waals surface area contributed by atoms with Crippen molar-refractivity contribution in [3.8, 4) is 11.3 Å². The van der Waals surface area contributed by atoms with Crippen LogP contribution in [0, 0.1) is 12.8 Å². The highest BCUT2D eigenvalue weighted by Crippen LogP contribution is 2.30. The molecular formula is C22H27N3O2. The van der Waals surface area contributed by atoms with E-state index in [9.17, 15) is 5.11 Å². The number of imidazole rings is 1. The third-order valence-electron chi connectivity index (χ3n) is 5.56. The summed E-state index contributed by atoms with van der Waals surface area (Å²) >= 11 is 0. The standard InChI is InChI=1S/C22H27N3O2/c1-16-6-7-20(27-16)19-5-3-4-17(14-19)15-25-11-8-18(9-12-25)21(26)22-23-10-13-24(22)2/h3-7,10,13-14,18,21,26H,8-9,11-12,15H2,1-2H3. The van der Waals surface area contributed by atoms with E-state index in [0.29, 0.717) is 0 Å². The van der Waals surface area contributed by atoms with Crippen LogP contribution in [0.15, 0.2) is 53.2 Å². The zero-order valence-electron chi connectivity index (χ0n) is 16.0. The largest absolute Gasteiger partial charge is 0.461 e. The smallest absolute Gasteiger partial charge is 0.137 e. The topological polar surface area (TPSA) is 54.4 Å². The van der Waals surface area contributed by atoms with Gasteiger partial charge in [0.1, 0.15) is 23.4 Å². The second kappa shape index (κ2) is 7.71. The van der Waals surface area contributed by atoms with Crippen molar-refractivity contribution in [3.63, 3.8) is 0 Å². The highest BCUT2D eigenvalue weighted by molar-refractivity contribution is 5.58. The van der Waals surface area contributed by atoms with Crippen molar-refractivity contribution < 1.29 is 9.52 Å². The first-order chi connectivity index (χ1) is 13.1. The van der Waals surface area contributed by atoms with Gasteiger partial charge in [0.05, 0.1) is 0 Å². The minimum Gasteiger partial charge on any atom is -0.461 e. The van der Waals surface area contributed by atoms with Crippen LogP contribution in [0.3, 0.4) is 0 Å². The van der Waals surface area contributed by atoms with Gasteiger partial charge in [-0.15, -0.1) is 0 Å². The van der Waals surface area contributed by atoms with Crippen molar-refractivity contribution in [1.29, 1.82) is 0 Å². The molecule has 5 nitrogen and oxygen atoms in total. The van der Waals surface area contributed by atoms with Crippen molar-refractivity contribution in [3.05, 3.63) is 65.9 Å². The quantitative estimate of drug-likeness (QED) is 0.744. The second-order valence-corrected chi connectivity index (χ2v) is 7.57. The molecule has 1 aromatic carbocycles. The Balaban J connectivity index is 1.36. The maximum Gasteiger partial charge on any atom is 0.137 e. The predicted molar refractivity (Wildman–Crippen MR) is 105 cm³/mol. The summed E-state index contributed by atoms with van der Waals surface area (Å²) in [7, 11) is 1.94. The first-order valence-corrected chi connectivity index (χ1v) is 9.63. The van der Waals surface area contributed by atoms with Gasteiger partial charge >= 0.3 is 0 Å². The van der Waals surface area contributed by atoms with E-state index in [1.165, 1.54) is 5.56 Å². The lowest BCUT2D eigenvalue weighted by Gasteiger charge is -2.34. The number of nitrogens with zero attached hydrogens (tertiary/aromatic N) is 3. The average molecular weight is 365 g/mol. The van der Waals surface area contributed by atoms with Crippen molar-refractivity contribution in [2.75, 3.05) is 13.1 Å². The normalized spacial score (nSPS) is 17.3. The molecule has 3 heterocycles. The molecule has 142 valence electrons. The number of piperidine rings is 1. The molecular weight excluding hydrogens is 338 g/mol. The van der Waals surface area contributed by atoms with E-state index in [-0.39, 0.29) is 5.92 Å². The number of aromatic nitrogens is 2. The van der Waals surface area contributed by atoms with Crippen LogP contribution >= 0.6 is 0 Å². The zero-order valence-corrected chi connectivity index (χ0v) is 16.0. The molecule has 3 aromatic rings. The van der Waals surface area contributed by atoms with Crippen LogP contribution < -0.4 is 0 Å². The van der Waals surface area contributed by atoms with Gasteiger partial charge in [-0.05, 0) is 62.5 Å². The summed E-state index contributed by atoms with van der Waals surface area (Å²) in [6.07, 6.45) is 5.15. The fourth-order valence-electron chi connectivity index (χ4n) is 3.97. The van der Waals surface area contributed by atoms with Gasteiger partial charge in [-0.25, -0.2) is 4.98 Å². The fraction of sp³-hybridized carbons (Fsp3) is 0.409. The van der Waals surface area contributed by atoms with E-state index in [1.54, 1.807) is 6.20 Å². The first kappa shape index (κ1) is 18.0. The molecule has 0 bridgehead atoms. The number of benzene rings is 1. The number of aliphatic hydroxyl groups excluding tert-OH is 1. The number of aryl methyl sites for hydroxylation is 2. The number of furan rings is 1. The highest BCUT2D eigenvalue weighted by Gasteiger charge is 2.28. The van der Waals surface area contributed by atoms with Crippen LogP contribution in [0.5, 0.6) is 0 Å². The van der Waals surface area contributed by atoms with Crippen LogP contribution in [-0.4, -0.2) is 32.6 Å². The summed E-state index contributed by atoms with van der Waals surface area (Å²) in [5.74, 6) is 2.91. The molecule has 5 heteroatoms. The summed E-state index contributed by atoms with van der Waals surface area (Å²) in [5.41, 5.74) is 2.42. The van der Waals surface area contributed by atoms with Crippen molar-refractivity contribution in [1.82, 2.24) is 14.5 Å². The molecule has 0 saturated carbocycles. The molecule has 1 N–H and O–H groups in total. The molecule has 1 aliphatic rings. The fourth-order valence-corrected chi connectivity index (χ4v) is 3.97. The molecule has 1 atom stereocenters. The van der Waals surface area contributed by atoms with Gasteiger partial charge in [-0.1, -0.05) is 18.2 Å². The van der Waals surface area contributed by atoms with Crippen LogP contribution in [0.4, 0.5) is 0 Å². The third-order valence-corrected chi connectivity index (χ3v) is 5.56. The highest BCUT2D eigenvalue weighted by atomic mass is 16.3. The summed E-state index contributed by atoms with van der Waals surface area (Å²) in [4.78, 5) is 6.77. The second-order valence-electron chi connectivity index (χ2n) is 7.57. The number of hydrogen-bond acceptors (Lipinski definition) is 4. The Kier molecular flexibility index (Phi) is 5.14. The lowest BCUT2D eigenvalue weighted by molar-refractivity contribution is 0.0492. The summed E-state index contributed by atoms with van der Waals surface area (Å²) in [6, 6.07) is 12.6. The minimum absolute atomic E-state index is 0.278. The zero-order chi connectivity index (χ0) is 18.8. The molecule has 0 radical (unpaired) electrons. The lowest BCUT2D eigenvalue weighted by atomic mass is 9.90. The van der Waals surface area contributed by atoms with Crippen LogP contribution in [-0.2, 0) is 13.6 Å². The first-order valence-electron chi connectivity index (χ1n) is 9.63. The van der Waals surface area contributed by atoms with Gasteiger partial charge in [-0.3, -0.25) is 4.90 Å². The maximum absolute atomic E-state index is 10.6. The number of aliphatic hydroxyl groups is 1. The van der Waals surface area contributed by atoms with E-state index < -0.39 is 6.10 Å². The van der Waals surface area contributed by atoms with Crippen LogP contribution in [0.1, 0.15) is 36.1 Å². The van der Waals surface area contributed by atoms with Gasteiger partial charge < -0.3 is 14.1 Å². The molecule has 4 rings (SSSR count). The van der Waals surface area contributed by atoms with Gasteiger partial charge in [-0.2, -0.15) is 0 Å². The summed E-state index contributed by atoms with van der Waals surface area (Å²) < 4.78 is 7.67. The molecule has 0 amide bonds. The van der Waals surface area contributed by atoms with Crippen LogP contribution in [0.2, 0.25) is 0 Å². The van der Waals surface area contributed by atoms with Crippen LogP contribution in [0.25, 0.3) is 11.3 Å². The summed E-state index contributed by atoms with van der Waals surface area (Å²) in [5, 5.41) is 10.6. The maximum atomic E-state index is 10.6. The number of hydrogen-bond donors (Lipinski definition) is 1. The van der Waals surface area contributed by atoms with Gasteiger partial charge in [0, 0.05) is 31.5 Å². The van der Waals surface area contributed by atoms with E-state index >= 15 is 0 Å². The molecule has 2 aromatic heterocycles.